The van der Waals surface area contributed by atoms with Crippen LogP contribution in [0.4, 0.5) is 0 Å². The van der Waals surface area contributed by atoms with Gasteiger partial charge in [0.05, 0.1) is 12.2 Å². The van der Waals surface area contributed by atoms with E-state index >= 15 is 0 Å². The van der Waals surface area contributed by atoms with E-state index in [0.717, 1.165) is 17.2 Å². The van der Waals surface area contributed by atoms with Crippen LogP contribution in [0, 0.1) is 0 Å². The summed E-state index contributed by atoms with van der Waals surface area (Å²) in [7, 11) is 2.13. The van der Waals surface area contributed by atoms with Crippen molar-refractivity contribution in [3.05, 3.63) is 15.6 Å². The second-order valence-corrected chi connectivity index (χ2v) is 6.33. The lowest BCUT2D eigenvalue weighted by molar-refractivity contribution is 0.0701. The van der Waals surface area contributed by atoms with Gasteiger partial charge in [-0.25, -0.2) is 9.78 Å². The van der Waals surface area contributed by atoms with Crippen molar-refractivity contribution < 1.29 is 9.90 Å². The molecule has 1 N–H and O–H groups in total. The maximum Gasteiger partial charge on any atom is 0.347 e. The number of hydrogen-bond donors (Lipinski definition) is 1. The van der Waals surface area contributed by atoms with Gasteiger partial charge in [-0.05, 0) is 26.3 Å². The van der Waals surface area contributed by atoms with Crippen molar-refractivity contribution in [3.63, 3.8) is 0 Å². The van der Waals surface area contributed by atoms with Crippen LogP contribution in [0.15, 0.2) is 0 Å². The number of carboxylic acids is 1. The van der Waals surface area contributed by atoms with Gasteiger partial charge in [-0.3, -0.25) is 4.90 Å². The van der Waals surface area contributed by atoms with Crippen molar-refractivity contribution in [1.82, 2.24) is 9.88 Å². The highest BCUT2D eigenvalue weighted by atomic mass is 32.1. The average Bonchev–Trinajstić information content (AvgIpc) is 2.83. The first-order chi connectivity index (χ1) is 9.11. The average molecular weight is 282 g/mol. The molecule has 1 aromatic heterocycles. The van der Waals surface area contributed by atoms with Crippen LogP contribution in [-0.4, -0.2) is 34.0 Å². The van der Waals surface area contributed by atoms with Gasteiger partial charge in [0.2, 0.25) is 0 Å². The smallest absolute Gasteiger partial charge is 0.347 e. The molecule has 0 spiro atoms. The summed E-state index contributed by atoms with van der Waals surface area (Å²) in [5.74, 6) is -0.846. The van der Waals surface area contributed by atoms with Crippen LogP contribution < -0.4 is 0 Å². The number of rotatable bonds is 5. The fourth-order valence-electron chi connectivity index (χ4n) is 2.74. The lowest BCUT2D eigenvalue weighted by Crippen LogP contribution is -2.32. The molecule has 0 aliphatic heterocycles. The van der Waals surface area contributed by atoms with Gasteiger partial charge in [0.15, 0.2) is 0 Å². The summed E-state index contributed by atoms with van der Waals surface area (Å²) < 4.78 is 0. The van der Waals surface area contributed by atoms with E-state index < -0.39 is 5.97 Å². The summed E-state index contributed by atoms with van der Waals surface area (Å²) in [5.41, 5.74) is 0.726. The molecular formula is C14H22N2O2S. The molecular weight excluding hydrogens is 260 g/mol. The predicted molar refractivity (Wildman–Crippen MR) is 76.8 cm³/mol. The van der Waals surface area contributed by atoms with Crippen LogP contribution in [-0.2, 0) is 13.0 Å². The summed E-state index contributed by atoms with van der Waals surface area (Å²) in [5, 5.41) is 10.1. The van der Waals surface area contributed by atoms with Crippen molar-refractivity contribution in [2.75, 3.05) is 7.05 Å². The molecule has 0 atom stereocenters. The Morgan fingerprint density at radius 3 is 2.63 bits per heavy atom. The van der Waals surface area contributed by atoms with Gasteiger partial charge in [-0.15, -0.1) is 11.3 Å². The Balaban J connectivity index is 2.03. The Morgan fingerprint density at radius 1 is 1.42 bits per heavy atom. The van der Waals surface area contributed by atoms with Gasteiger partial charge >= 0.3 is 5.97 Å². The molecule has 0 aromatic carbocycles. The van der Waals surface area contributed by atoms with Crippen LogP contribution in [0.25, 0.3) is 0 Å². The first-order valence-electron chi connectivity index (χ1n) is 7.04. The summed E-state index contributed by atoms with van der Waals surface area (Å²) in [4.78, 5) is 18.4. The van der Waals surface area contributed by atoms with E-state index in [-0.39, 0.29) is 0 Å². The minimum absolute atomic E-state index is 0.412. The van der Waals surface area contributed by atoms with E-state index in [1.54, 1.807) is 0 Å². The van der Waals surface area contributed by atoms with E-state index in [9.17, 15) is 4.79 Å². The minimum atomic E-state index is -0.846. The highest BCUT2D eigenvalue weighted by Crippen LogP contribution is 2.25. The second kappa shape index (κ2) is 6.48. The van der Waals surface area contributed by atoms with Crippen LogP contribution in [0.5, 0.6) is 0 Å². The lowest BCUT2D eigenvalue weighted by atomic mass is 9.94. The molecule has 0 bridgehead atoms. The highest BCUT2D eigenvalue weighted by Gasteiger charge is 2.21. The number of carbonyl (C=O) groups is 1. The maximum absolute atomic E-state index is 11.1. The van der Waals surface area contributed by atoms with E-state index in [0.29, 0.717) is 17.3 Å². The SMILES string of the molecule is CCc1nc(CN(C)C2CCCCC2)sc1C(=O)O. The molecule has 106 valence electrons. The Morgan fingerprint density at radius 2 is 2.11 bits per heavy atom. The molecule has 0 unspecified atom stereocenters. The van der Waals surface area contributed by atoms with Gasteiger partial charge in [-0.1, -0.05) is 26.2 Å². The lowest BCUT2D eigenvalue weighted by Gasteiger charge is -2.30. The van der Waals surface area contributed by atoms with Crippen LogP contribution in [0.2, 0.25) is 0 Å². The quantitative estimate of drug-likeness (QED) is 0.901. The monoisotopic (exact) mass is 282 g/mol. The van der Waals surface area contributed by atoms with E-state index in [1.807, 2.05) is 6.92 Å². The van der Waals surface area contributed by atoms with E-state index in [2.05, 4.69) is 16.9 Å². The third-order valence-electron chi connectivity index (χ3n) is 3.85. The van der Waals surface area contributed by atoms with Gasteiger partial charge in [0.25, 0.3) is 0 Å². The normalized spacial score (nSPS) is 17.0. The number of aromatic nitrogens is 1. The Bertz CT molecular complexity index is 439. The molecule has 0 amide bonds. The number of carboxylic acid groups (broad SMARTS) is 1. The standard InChI is InChI=1S/C14H22N2O2S/c1-3-11-13(14(17)18)19-12(15-11)9-16(2)10-7-5-4-6-8-10/h10H,3-9H2,1-2H3,(H,17,18). The molecule has 19 heavy (non-hydrogen) atoms. The summed E-state index contributed by atoms with van der Waals surface area (Å²) >= 11 is 1.33. The minimum Gasteiger partial charge on any atom is -0.477 e. The summed E-state index contributed by atoms with van der Waals surface area (Å²) in [6, 6.07) is 0.635. The fourth-order valence-corrected chi connectivity index (χ4v) is 3.79. The number of aromatic carboxylic acids is 1. The predicted octanol–water partition coefficient (Wildman–Crippen LogP) is 3.17. The van der Waals surface area contributed by atoms with Crippen LogP contribution in [0.3, 0.4) is 0 Å². The van der Waals surface area contributed by atoms with E-state index in [4.69, 9.17) is 5.11 Å². The number of hydrogen-bond acceptors (Lipinski definition) is 4. The topological polar surface area (TPSA) is 53.4 Å². The van der Waals surface area contributed by atoms with Crippen molar-refractivity contribution in [2.24, 2.45) is 0 Å². The first-order valence-corrected chi connectivity index (χ1v) is 7.85. The zero-order valence-corrected chi connectivity index (χ0v) is 12.5. The fraction of sp³-hybridized carbons (Fsp3) is 0.714. The molecule has 5 heteroatoms. The summed E-state index contributed by atoms with van der Waals surface area (Å²) in [6.07, 6.45) is 7.18. The zero-order chi connectivity index (χ0) is 13.8. The van der Waals surface area contributed by atoms with Crippen molar-refractivity contribution >= 4 is 17.3 Å². The molecule has 4 nitrogen and oxygen atoms in total. The number of thiazole rings is 1. The van der Waals surface area contributed by atoms with Gasteiger partial charge in [0, 0.05) is 6.04 Å². The Hall–Kier alpha value is -0.940. The van der Waals surface area contributed by atoms with E-state index in [1.165, 1.54) is 43.4 Å². The van der Waals surface area contributed by atoms with Crippen LogP contribution >= 0.6 is 11.3 Å². The second-order valence-electron chi connectivity index (χ2n) is 5.25. The summed E-state index contributed by atoms with van der Waals surface area (Å²) in [6.45, 7) is 2.73. The van der Waals surface area contributed by atoms with Crippen LogP contribution in [0.1, 0.15) is 59.4 Å². The van der Waals surface area contributed by atoms with Crippen molar-refractivity contribution in [1.29, 1.82) is 0 Å². The maximum atomic E-state index is 11.1. The van der Waals surface area contributed by atoms with Crippen molar-refractivity contribution in [3.8, 4) is 0 Å². The Kier molecular flexibility index (Phi) is 4.93. The molecule has 1 fully saturated rings. The van der Waals surface area contributed by atoms with Gasteiger partial charge in [0.1, 0.15) is 9.88 Å². The molecule has 1 aliphatic carbocycles. The molecule has 1 aliphatic rings. The first kappa shape index (κ1) is 14.5. The molecule has 2 rings (SSSR count). The number of nitrogens with zero attached hydrogens (tertiary/aromatic N) is 2. The third kappa shape index (κ3) is 3.54. The molecule has 1 heterocycles. The van der Waals surface area contributed by atoms with Gasteiger partial charge < -0.3 is 5.11 Å². The molecule has 1 aromatic rings. The highest BCUT2D eigenvalue weighted by molar-refractivity contribution is 7.13. The molecule has 1 saturated carbocycles. The number of aryl methyl sites for hydroxylation is 1. The zero-order valence-electron chi connectivity index (χ0n) is 11.7. The third-order valence-corrected chi connectivity index (χ3v) is 4.92. The van der Waals surface area contributed by atoms with Gasteiger partial charge in [-0.2, -0.15) is 0 Å². The molecule has 0 radical (unpaired) electrons. The Labute approximate surface area is 118 Å². The largest absolute Gasteiger partial charge is 0.477 e. The molecule has 0 saturated heterocycles. The van der Waals surface area contributed by atoms with Crippen molar-refractivity contribution in [2.45, 2.75) is 58.0 Å².